The Labute approximate surface area is 166 Å². The molecule has 1 heterocycles. The predicted octanol–water partition coefficient (Wildman–Crippen LogP) is 1.75. The van der Waals surface area contributed by atoms with E-state index in [0.29, 0.717) is 44.0 Å². The molecule has 0 unspecified atom stereocenters. The summed E-state index contributed by atoms with van der Waals surface area (Å²) in [6, 6.07) is 6.29. The third-order valence-electron chi connectivity index (χ3n) is 5.23. The van der Waals surface area contributed by atoms with Crippen LogP contribution < -0.4 is 10.0 Å². The fourth-order valence-electron chi connectivity index (χ4n) is 3.36. The smallest absolute Gasteiger partial charge is 0.253 e. The minimum atomic E-state index is -3.61. The molecule has 2 N–H and O–H groups in total. The van der Waals surface area contributed by atoms with E-state index in [-0.39, 0.29) is 28.7 Å². The van der Waals surface area contributed by atoms with Crippen molar-refractivity contribution in [3.8, 4) is 0 Å². The second kappa shape index (κ2) is 8.61. The van der Waals surface area contributed by atoms with Gasteiger partial charge in [-0.2, -0.15) is 0 Å². The zero-order chi connectivity index (χ0) is 20.3. The molecule has 2 aliphatic rings. The average Bonchev–Trinajstić information content (AvgIpc) is 3.50. The maximum atomic E-state index is 12.8. The molecule has 0 atom stereocenters. The molecule has 1 aromatic rings. The number of carbonyl (C=O) groups excluding carboxylic acids is 2. The summed E-state index contributed by atoms with van der Waals surface area (Å²) in [4.78, 5) is 26.8. The number of rotatable bonds is 7. The summed E-state index contributed by atoms with van der Waals surface area (Å²) in [5.74, 6) is 0.206. The molecule has 0 aromatic heterocycles. The number of amides is 2. The summed E-state index contributed by atoms with van der Waals surface area (Å²) < 4.78 is 27.5. The third-order valence-corrected chi connectivity index (χ3v) is 6.66. The van der Waals surface area contributed by atoms with Gasteiger partial charge in [0.15, 0.2) is 0 Å². The van der Waals surface area contributed by atoms with E-state index in [9.17, 15) is 18.0 Å². The molecule has 1 aliphatic carbocycles. The largest absolute Gasteiger partial charge is 0.354 e. The lowest BCUT2D eigenvalue weighted by Gasteiger charge is -2.31. The average molecular weight is 408 g/mol. The number of likely N-dealkylation sites (tertiary alicyclic amines) is 1. The molecule has 1 aliphatic heterocycles. The molecule has 1 aromatic carbocycles. The third kappa shape index (κ3) is 5.32. The van der Waals surface area contributed by atoms with Crippen molar-refractivity contribution >= 4 is 21.8 Å². The van der Waals surface area contributed by atoms with E-state index in [2.05, 4.69) is 10.0 Å². The van der Waals surface area contributed by atoms with E-state index in [1.54, 1.807) is 17.0 Å². The van der Waals surface area contributed by atoms with Gasteiger partial charge < -0.3 is 10.2 Å². The second-order valence-electron chi connectivity index (χ2n) is 8.05. The van der Waals surface area contributed by atoms with Gasteiger partial charge in [-0.05, 0) is 63.6 Å². The second-order valence-corrected chi connectivity index (χ2v) is 9.82. The highest BCUT2D eigenvalue weighted by Gasteiger charge is 2.29. The number of sulfonamides is 1. The molecule has 7 nitrogen and oxygen atoms in total. The zero-order valence-corrected chi connectivity index (χ0v) is 17.3. The van der Waals surface area contributed by atoms with Crippen molar-refractivity contribution in [3.63, 3.8) is 0 Å². The Balaban J connectivity index is 1.61. The number of piperidine rings is 1. The minimum absolute atomic E-state index is 0.0388. The van der Waals surface area contributed by atoms with E-state index in [0.717, 1.165) is 12.8 Å². The lowest BCUT2D eigenvalue weighted by Crippen LogP contribution is -2.44. The SMILES string of the molecule is CC(C)NC(=O)C1CCN(C(=O)c2cccc(S(=O)(=O)NCC3CC3)c2)CC1. The lowest BCUT2D eigenvalue weighted by atomic mass is 9.95. The minimum Gasteiger partial charge on any atom is -0.354 e. The summed E-state index contributed by atoms with van der Waals surface area (Å²) in [5.41, 5.74) is 0.361. The van der Waals surface area contributed by atoms with Crippen LogP contribution in [0.3, 0.4) is 0 Å². The van der Waals surface area contributed by atoms with Crippen LogP contribution in [0.15, 0.2) is 29.2 Å². The van der Waals surface area contributed by atoms with Crippen molar-refractivity contribution in [2.75, 3.05) is 19.6 Å². The van der Waals surface area contributed by atoms with Crippen molar-refractivity contribution in [3.05, 3.63) is 29.8 Å². The standard InChI is InChI=1S/C20H29N3O4S/c1-14(2)22-19(24)16-8-10-23(11-9-16)20(25)17-4-3-5-18(12-17)28(26,27)21-13-15-6-7-15/h3-5,12,14-16,21H,6-11,13H2,1-2H3,(H,22,24). The van der Waals surface area contributed by atoms with Crippen LogP contribution in [-0.2, 0) is 14.8 Å². The van der Waals surface area contributed by atoms with Gasteiger partial charge in [-0.25, -0.2) is 13.1 Å². The molecule has 8 heteroatoms. The normalized spacial score (nSPS) is 18.3. The molecule has 3 rings (SSSR count). The topological polar surface area (TPSA) is 95.6 Å². The summed E-state index contributed by atoms with van der Waals surface area (Å²) in [7, 11) is -3.61. The van der Waals surface area contributed by atoms with Gasteiger partial charge in [0.2, 0.25) is 15.9 Å². The van der Waals surface area contributed by atoms with Crippen molar-refractivity contribution in [1.29, 1.82) is 0 Å². The molecule has 0 radical (unpaired) electrons. The Hall–Kier alpha value is -1.93. The Morgan fingerprint density at radius 2 is 1.82 bits per heavy atom. The first kappa shape index (κ1) is 20.8. The van der Waals surface area contributed by atoms with Crippen LogP contribution in [0.1, 0.15) is 49.9 Å². The van der Waals surface area contributed by atoms with E-state index in [1.807, 2.05) is 13.8 Å². The molecular formula is C20H29N3O4S. The first-order valence-corrected chi connectivity index (χ1v) is 11.4. The van der Waals surface area contributed by atoms with Crippen molar-refractivity contribution in [2.45, 2.75) is 50.5 Å². The van der Waals surface area contributed by atoms with E-state index in [4.69, 9.17) is 0 Å². The number of hydrogen-bond donors (Lipinski definition) is 2. The summed E-state index contributed by atoms with van der Waals surface area (Å²) in [6.45, 7) is 5.29. The van der Waals surface area contributed by atoms with Gasteiger partial charge >= 0.3 is 0 Å². The molecule has 0 bridgehead atoms. The van der Waals surface area contributed by atoms with Gasteiger partial charge in [0.1, 0.15) is 0 Å². The van der Waals surface area contributed by atoms with Crippen LogP contribution in [0.4, 0.5) is 0 Å². The molecule has 0 spiro atoms. The molecule has 2 fully saturated rings. The molecule has 1 saturated heterocycles. The van der Waals surface area contributed by atoms with Crippen LogP contribution in [0.25, 0.3) is 0 Å². The number of carbonyl (C=O) groups is 2. The summed E-state index contributed by atoms with van der Waals surface area (Å²) in [5, 5.41) is 2.92. The number of nitrogens with zero attached hydrogens (tertiary/aromatic N) is 1. The maximum Gasteiger partial charge on any atom is 0.253 e. The highest BCUT2D eigenvalue weighted by Crippen LogP contribution is 2.28. The molecule has 2 amide bonds. The van der Waals surface area contributed by atoms with Gasteiger partial charge in [0, 0.05) is 37.2 Å². The molecule has 1 saturated carbocycles. The summed E-state index contributed by atoms with van der Waals surface area (Å²) >= 11 is 0. The van der Waals surface area contributed by atoms with E-state index < -0.39 is 10.0 Å². The molecule has 28 heavy (non-hydrogen) atoms. The van der Waals surface area contributed by atoms with Gasteiger partial charge in [-0.3, -0.25) is 9.59 Å². The number of hydrogen-bond acceptors (Lipinski definition) is 4. The molecular weight excluding hydrogens is 378 g/mol. The first-order chi connectivity index (χ1) is 13.3. The van der Waals surface area contributed by atoms with E-state index >= 15 is 0 Å². The Morgan fingerprint density at radius 3 is 2.43 bits per heavy atom. The fourth-order valence-corrected chi connectivity index (χ4v) is 4.52. The highest BCUT2D eigenvalue weighted by atomic mass is 32.2. The van der Waals surface area contributed by atoms with Crippen LogP contribution in [0, 0.1) is 11.8 Å². The lowest BCUT2D eigenvalue weighted by molar-refractivity contribution is -0.126. The van der Waals surface area contributed by atoms with Crippen molar-refractivity contribution < 1.29 is 18.0 Å². The maximum absolute atomic E-state index is 12.8. The quantitative estimate of drug-likeness (QED) is 0.720. The van der Waals surface area contributed by atoms with Crippen LogP contribution >= 0.6 is 0 Å². The summed E-state index contributed by atoms with van der Waals surface area (Å²) in [6.07, 6.45) is 3.36. The zero-order valence-electron chi connectivity index (χ0n) is 16.5. The van der Waals surface area contributed by atoms with Crippen molar-refractivity contribution in [1.82, 2.24) is 14.9 Å². The van der Waals surface area contributed by atoms with Gasteiger partial charge in [0.05, 0.1) is 4.90 Å². The van der Waals surface area contributed by atoms with Gasteiger partial charge in [-0.15, -0.1) is 0 Å². The number of benzene rings is 1. The Bertz CT molecular complexity index is 826. The highest BCUT2D eigenvalue weighted by molar-refractivity contribution is 7.89. The fraction of sp³-hybridized carbons (Fsp3) is 0.600. The van der Waals surface area contributed by atoms with Crippen LogP contribution in [-0.4, -0.2) is 50.8 Å². The van der Waals surface area contributed by atoms with Crippen LogP contribution in [0.5, 0.6) is 0 Å². The molecule has 154 valence electrons. The Kier molecular flexibility index (Phi) is 6.40. The van der Waals surface area contributed by atoms with Crippen molar-refractivity contribution in [2.24, 2.45) is 11.8 Å². The van der Waals surface area contributed by atoms with Gasteiger partial charge in [0.25, 0.3) is 5.91 Å². The van der Waals surface area contributed by atoms with E-state index in [1.165, 1.54) is 12.1 Å². The number of nitrogens with one attached hydrogen (secondary N) is 2. The predicted molar refractivity (Wildman–Crippen MR) is 106 cm³/mol. The van der Waals surface area contributed by atoms with Gasteiger partial charge in [-0.1, -0.05) is 6.07 Å². The first-order valence-electron chi connectivity index (χ1n) is 9.95. The van der Waals surface area contributed by atoms with Crippen LogP contribution in [0.2, 0.25) is 0 Å². The Morgan fingerprint density at radius 1 is 1.14 bits per heavy atom. The monoisotopic (exact) mass is 407 g/mol.